The number of rotatable bonds is 6. The molecule has 1 aliphatic heterocycles. The molecule has 0 radical (unpaired) electrons. The molecule has 0 atom stereocenters. The molecule has 2 amide bonds. The van der Waals surface area contributed by atoms with E-state index in [2.05, 4.69) is 5.32 Å². The standard InChI is InChI=1S/C34H31N3O4/c1-22-18-27(23(2)41-22)19-35-33(38)31-17-16-28-21-37(30-10-6-4-8-26(30)20-36(28)31)34(39)25-14-12-24(13-15-25)29-9-5-7-11-32(29)40-3/h4-18H,19-21H2,1-3H3,(H,35,38). The molecule has 1 aliphatic rings. The van der Waals surface area contributed by atoms with E-state index in [9.17, 15) is 9.59 Å². The topological polar surface area (TPSA) is 76.7 Å². The molecule has 41 heavy (non-hydrogen) atoms. The third kappa shape index (κ3) is 5.02. The van der Waals surface area contributed by atoms with E-state index in [0.29, 0.717) is 30.9 Å². The minimum atomic E-state index is -0.168. The van der Waals surface area contributed by atoms with Crippen LogP contribution < -0.4 is 15.0 Å². The molecular formula is C34H31N3O4. The van der Waals surface area contributed by atoms with Gasteiger partial charge in [-0.15, -0.1) is 0 Å². The number of anilines is 1. The van der Waals surface area contributed by atoms with Crippen molar-refractivity contribution in [1.29, 1.82) is 0 Å². The van der Waals surface area contributed by atoms with Gasteiger partial charge in [0.05, 0.1) is 20.2 Å². The van der Waals surface area contributed by atoms with E-state index in [4.69, 9.17) is 9.15 Å². The predicted molar refractivity (Wildman–Crippen MR) is 158 cm³/mol. The quantitative estimate of drug-likeness (QED) is 0.264. The number of carbonyl (C=O) groups excluding carboxylic acids is 2. The van der Waals surface area contributed by atoms with Crippen LogP contribution in [0.3, 0.4) is 0 Å². The second kappa shape index (κ2) is 10.8. The number of nitrogens with one attached hydrogen (secondary N) is 1. The largest absolute Gasteiger partial charge is 0.496 e. The predicted octanol–water partition coefficient (Wildman–Crippen LogP) is 6.51. The smallest absolute Gasteiger partial charge is 0.268 e. The van der Waals surface area contributed by atoms with Crippen molar-refractivity contribution in [2.24, 2.45) is 0 Å². The molecular weight excluding hydrogens is 514 g/mol. The molecule has 0 bridgehead atoms. The zero-order chi connectivity index (χ0) is 28.5. The number of furan rings is 1. The van der Waals surface area contributed by atoms with Gasteiger partial charge in [-0.2, -0.15) is 0 Å². The van der Waals surface area contributed by atoms with Crippen molar-refractivity contribution in [2.75, 3.05) is 12.0 Å². The minimum absolute atomic E-state index is 0.101. The SMILES string of the molecule is COc1ccccc1-c1ccc(C(=O)N2Cc3ccc(C(=O)NCc4cc(C)oc4C)n3Cc3ccccc32)cc1. The molecule has 2 aromatic heterocycles. The Morgan fingerprint density at radius 3 is 2.41 bits per heavy atom. The van der Waals surface area contributed by atoms with Crippen LogP contribution in [0.2, 0.25) is 0 Å². The molecule has 0 saturated heterocycles. The van der Waals surface area contributed by atoms with Gasteiger partial charge in [-0.3, -0.25) is 9.59 Å². The second-order valence-corrected chi connectivity index (χ2v) is 10.2. The average molecular weight is 546 g/mol. The van der Waals surface area contributed by atoms with Crippen LogP contribution in [0.4, 0.5) is 5.69 Å². The first kappa shape index (κ1) is 26.2. The number of amides is 2. The number of methoxy groups -OCH3 is 1. The van der Waals surface area contributed by atoms with Crippen molar-refractivity contribution >= 4 is 17.5 Å². The van der Waals surface area contributed by atoms with E-state index in [1.807, 2.05) is 109 Å². The Balaban J connectivity index is 1.28. The van der Waals surface area contributed by atoms with E-state index in [0.717, 1.165) is 50.9 Å². The summed E-state index contributed by atoms with van der Waals surface area (Å²) in [4.78, 5) is 29.0. The molecule has 6 rings (SSSR count). The minimum Gasteiger partial charge on any atom is -0.496 e. The van der Waals surface area contributed by atoms with E-state index in [1.54, 1.807) is 12.0 Å². The van der Waals surface area contributed by atoms with Crippen molar-refractivity contribution in [1.82, 2.24) is 9.88 Å². The van der Waals surface area contributed by atoms with Gasteiger partial charge in [0, 0.05) is 34.6 Å². The Labute approximate surface area is 239 Å². The molecule has 0 spiro atoms. The lowest BCUT2D eigenvalue weighted by molar-refractivity contribution is 0.0941. The fraction of sp³-hybridized carbons (Fsp3) is 0.176. The highest BCUT2D eigenvalue weighted by atomic mass is 16.5. The van der Waals surface area contributed by atoms with Crippen LogP contribution >= 0.6 is 0 Å². The van der Waals surface area contributed by atoms with Crippen LogP contribution in [-0.2, 0) is 19.6 Å². The summed E-state index contributed by atoms with van der Waals surface area (Å²) in [5.74, 6) is 2.13. The van der Waals surface area contributed by atoms with Crippen LogP contribution in [-0.4, -0.2) is 23.5 Å². The molecule has 7 nitrogen and oxygen atoms in total. The molecule has 3 heterocycles. The first-order valence-corrected chi connectivity index (χ1v) is 13.6. The van der Waals surface area contributed by atoms with Crippen LogP contribution in [0, 0.1) is 13.8 Å². The molecule has 5 aromatic rings. The van der Waals surface area contributed by atoms with Gasteiger partial charge >= 0.3 is 0 Å². The highest BCUT2D eigenvalue weighted by Gasteiger charge is 2.27. The van der Waals surface area contributed by atoms with E-state index in [1.165, 1.54) is 0 Å². The van der Waals surface area contributed by atoms with Gasteiger partial charge in [0.1, 0.15) is 23.0 Å². The maximum atomic E-state index is 13.9. The number of fused-ring (bicyclic) bond motifs is 2. The number of aryl methyl sites for hydroxylation is 2. The van der Waals surface area contributed by atoms with Gasteiger partial charge in [-0.25, -0.2) is 0 Å². The fourth-order valence-electron chi connectivity index (χ4n) is 5.50. The summed E-state index contributed by atoms with van der Waals surface area (Å²) >= 11 is 0. The summed E-state index contributed by atoms with van der Waals surface area (Å²) in [7, 11) is 1.65. The molecule has 0 saturated carbocycles. The molecule has 0 fully saturated rings. The van der Waals surface area contributed by atoms with Gasteiger partial charge in [0.25, 0.3) is 11.8 Å². The van der Waals surface area contributed by atoms with Crippen molar-refractivity contribution < 1.29 is 18.7 Å². The lowest BCUT2D eigenvalue weighted by atomic mass is 10.0. The Hall–Kier alpha value is -5.04. The van der Waals surface area contributed by atoms with Gasteiger partial charge < -0.3 is 23.9 Å². The highest BCUT2D eigenvalue weighted by molar-refractivity contribution is 6.07. The summed E-state index contributed by atoms with van der Waals surface area (Å²) in [6.45, 7) is 5.00. The lowest BCUT2D eigenvalue weighted by Gasteiger charge is -2.23. The lowest BCUT2D eigenvalue weighted by Crippen LogP contribution is -2.30. The second-order valence-electron chi connectivity index (χ2n) is 10.2. The first-order chi connectivity index (χ1) is 19.9. The summed E-state index contributed by atoms with van der Waals surface area (Å²) in [6, 6.07) is 29.0. The van der Waals surface area contributed by atoms with Crippen LogP contribution in [0.5, 0.6) is 5.75 Å². The Bertz CT molecular complexity index is 1750. The van der Waals surface area contributed by atoms with Gasteiger partial charge in [-0.05, 0) is 67.4 Å². The molecule has 206 valence electrons. The third-order valence-corrected chi connectivity index (χ3v) is 7.61. The van der Waals surface area contributed by atoms with Crippen molar-refractivity contribution in [3.63, 3.8) is 0 Å². The van der Waals surface area contributed by atoms with Gasteiger partial charge in [0.2, 0.25) is 0 Å². The Morgan fingerprint density at radius 1 is 0.902 bits per heavy atom. The molecule has 0 unspecified atom stereocenters. The Kier molecular flexibility index (Phi) is 6.93. The maximum Gasteiger partial charge on any atom is 0.268 e. The molecule has 0 aliphatic carbocycles. The number of para-hydroxylation sites is 2. The van der Waals surface area contributed by atoms with Crippen molar-refractivity contribution in [3.8, 4) is 16.9 Å². The third-order valence-electron chi connectivity index (χ3n) is 7.61. The van der Waals surface area contributed by atoms with Crippen LogP contribution in [0.15, 0.2) is 95.4 Å². The van der Waals surface area contributed by atoms with Crippen molar-refractivity contribution in [2.45, 2.75) is 33.5 Å². The van der Waals surface area contributed by atoms with Crippen LogP contribution in [0.1, 0.15) is 49.2 Å². The average Bonchev–Trinajstić information content (AvgIpc) is 3.50. The fourth-order valence-corrected chi connectivity index (χ4v) is 5.50. The van der Waals surface area contributed by atoms with E-state index >= 15 is 0 Å². The van der Waals surface area contributed by atoms with Crippen LogP contribution in [0.25, 0.3) is 11.1 Å². The number of hydrogen-bond donors (Lipinski definition) is 1. The van der Waals surface area contributed by atoms with Crippen molar-refractivity contribution in [3.05, 3.63) is 131 Å². The Morgan fingerprint density at radius 2 is 1.66 bits per heavy atom. The molecule has 7 heteroatoms. The number of aromatic nitrogens is 1. The monoisotopic (exact) mass is 545 g/mol. The zero-order valence-corrected chi connectivity index (χ0v) is 23.3. The summed E-state index contributed by atoms with van der Waals surface area (Å²) in [6.07, 6.45) is 0. The first-order valence-electron chi connectivity index (χ1n) is 13.6. The highest BCUT2D eigenvalue weighted by Crippen LogP contribution is 2.32. The zero-order valence-electron chi connectivity index (χ0n) is 23.3. The molecule has 1 N–H and O–H groups in total. The maximum absolute atomic E-state index is 13.9. The molecule has 3 aromatic carbocycles. The van der Waals surface area contributed by atoms with Gasteiger partial charge in [0.15, 0.2) is 0 Å². The normalized spacial score (nSPS) is 12.3. The van der Waals surface area contributed by atoms with E-state index in [-0.39, 0.29) is 11.8 Å². The summed E-state index contributed by atoms with van der Waals surface area (Å²) in [5, 5.41) is 3.03. The van der Waals surface area contributed by atoms with Gasteiger partial charge in [-0.1, -0.05) is 48.5 Å². The number of benzene rings is 3. The number of ether oxygens (including phenoxy) is 1. The van der Waals surface area contributed by atoms with E-state index < -0.39 is 0 Å². The summed E-state index contributed by atoms with van der Waals surface area (Å²) < 4.78 is 13.1. The summed E-state index contributed by atoms with van der Waals surface area (Å²) in [5.41, 5.74) is 6.74. The number of carbonyl (C=O) groups is 2. The number of nitrogens with zero attached hydrogens (tertiary/aromatic N) is 2. The number of hydrogen-bond acceptors (Lipinski definition) is 4.